The molecule has 2 heterocycles. The molecule has 0 radical (unpaired) electrons. The number of rotatable bonds is 6. The molecule has 156 valence electrons. The highest BCUT2D eigenvalue weighted by Crippen LogP contribution is 2.27. The third-order valence-electron chi connectivity index (χ3n) is 4.37. The summed E-state index contributed by atoms with van der Waals surface area (Å²) in [7, 11) is 1.00. The van der Waals surface area contributed by atoms with Crippen LogP contribution in [0.3, 0.4) is 0 Å². The second-order valence-corrected chi connectivity index (χ2v) is 7.35. The van der Waals surface area contributed by atoms with Crippen molar-refractivity contribution in [2.45, 2.75) is 13.8 Å². The number of carbonyl (C=O) groups is 1. The van der Waals surface area contributed by atoms with Gasteiger partial charge in [-0.25, -0.2) is 4.98 Å². The molecule has 3 rings (SSSR count). The van der Waals surface area contributed by atoms with Gasteiger partial charge in [0.15, 0.2) is 11.0 Å². The maximum Gasteiger partial charge on any atom is 0.186 e. The number of aldehydes is 1. The van der Waals surface area contributed by atoms with Gasteiger partial charge in [-0.05, 0) is 36.3 Å². The van der Waals surface area contributed by atoms with Gasteiger partial charge in [0.2, 0.25) is 0 Å². The van der Waals surface area contributed by atoms with E-state index in [1.807, 2.05) is 0 Å². The molecule has 1 aromatic carbocycles. The number of thiazole rings is 1. The van der Waals surface area contributed by atoms with E-state index in [4.69, 9.17) is 10.8 Å². The Labute approximate surface area is 174 Å². The second-order valence-electron chi connectivity index (χ2n) is 6.34. The molecule has 2 aromatic rings. The third kappa shape index (κ3) is 6.06. The van der Waals surface area contributed by atoms with E-state index in [1.165, 1.54) is 28.2 Å². The lowest BCUT2D eigenvalue weighted by Crippen LogP contribution is -2.46. The maximum atomic E-state index is 10.2. The number of hydrogen-bond donors (Lipinski definition) is 2. The summed E-state index contributed by atoms with van der Waals surface area (Å²) in [6.45, 7) is 7.96. The molecular formula is C19H27N7O2S. The number of aryl methyl sites for hydroxylation is 2. The average molecular weight is 418 g/mol. The van der Waals surface area contributed by atoms with Crippen LogP contribution >= 0.6 is 11.3 Å². The molecule has 0 spiro atoms. The number of nitrogens with two attached hydrogens (primary N) is 1. The fraction of sp³-hybridized carbons (Fsp3) is 0.421. The molecule has 9 nitrogen and oxygen atoms in total. The highest BCUT2D eigenvalue weighted by atomic mass is 32.1. The summed E-state index contributed by atoms with van der Waals surface area (Å²) in [4.78, 5) is 20.1. The molecule has 1 saturated heterocycles. The molecule has 29 heavy (non-hydrogen) atoms. The SMILES string of the molecule is CO.Cc1ccc(C)c(N2CCN(c3ncc(/C(N)=N/N=NCC=O)s3)CC2)c1. The zero-order valence-electron chi connectivity index (χ0n) is 16.9. The number of amidine groups is 1. The first-order valence-electron chi connectivity index (χ1n) is 9.20. The molecule has 0 aliphatic carbocycles. The molecule has 0 saturated carbocycles. The first-order valence-corrected chi connectivity index (χ1v) is 10.0. The zero-order valence-corrected chi connectivity index (χ0v) is 17.8. The molecule has 1 fully saturated rings. The van der Waals surface area contributed by atoms with E-state index >= 15 is 0 Å². The van der Waals surface area contributed by atoms with Crippen LogP contribution in [0.25, 0.3) is 0 Å². The molecule has 1 aromatic heterocycles. The standard InChI is InChI=1S/C18H23N7OS.CH4O/c1-13-3-4-14(2)15(11-13)24-6-8-25(9-7-24)18-20-12-16(27-18)17(19)22-23-21-5-10-26;1-2/h3-4,10-12H,5-9H2,1-2H3,(H2,19,21,22);2H,1H3. The second kappa shape index (κ2) is 11.2. The van der Waals surface area contributed by atoms with Gasteiger partial charge in [0, 0.05) is 39.0 Å². The lowest BCUT2D eigenvalue weighted by molar-refractivity contribution is -0.106. The monoisotopic (exact) mass is 417 g/mol. The van der Waals surface area contributed by atoms with Crippen molar-refractivity contribution >= 4 is 34.3 Å². The Bertz CT molecular complexity index is 858. The molecule has 0 unspecified atom stereocenters. The van der Waals surface area contributed by atoms with Gasteiger partial charge >= 0.3 is 0 Å². The van der Waals surface area contributed by atoms with Crippen molar-refractivity contribution in [1.82, 2.24) is 4.98 Å². The Hall–Kier alpha value is -2.85. The van der Waals surface area contributed by atoms with Crippen LogP contribution in [0.1, 0.15) is 16.0 Å². The average Bonchev–Trinajstić information content (AvgIpc) is 3.25. The van der Waals surface area contributed by atoms with E-state index in [0.29, 0.717) is 6.29 Å². The first-order chi connectivity index (χ1) is 14.1. The van der Waals surface area contributed by atoms with Crippen molar-refractivity contribution < 1.29 is 9.90 Å². The summed E-state index contributed by atoms with van der Waals surface area (Å²) in [5, 5.41) is 18.8. The van der Waals surface area contributed by atoms with Crippen LogP contribution in [0.15, 0.2) is 39.8 Å². The summed E-state index contributed by atoms with van der Waals surface area (Å²) >= 11 is 1.48. The first kappa shape index (κ1) is 22.4. The van der Waals surface area contributed by atoms with Crippen LogP contribution in [0, 0.1) is 13.8 Å². The van der Waals surface area contributed by atoms with E-state index in [2.05, 4.69) is 62.3 Å². The molecule has 3 N–H and O–H groups in total. The van der Waals surface area contributed by atoms with Crippen LogP contribution in [0.5, 0.6) is 0 Å². The van der Waals surface area contributed by atoms with Gasteiger partial charge in [0.25, 0.3) is 0 Å². The van der Waals surface area contributed by atoms with E-state index in [9.17, 15) is 4.79 Å². The number of carbonyl (C=O) groups excluding carboxylic acids is 1. The van der Waals surface area contributed by atoms with Gasteiger partial charge in [-0.15, -0.1) is 5.10 Å². The molecule has 1 aliphatic rings. The quantitative estimate of drug-likeness (QED) is 0.244. The van der Waals surface area contributed by atoms with Gasteiger partial charge in [0.05, 0.1) is 11.1 Å². The minimum Gasteiger partial charge on any atom is -0.400 e. The van der Waals surface area contributed by atoms with Crippen LogP contribution in [0.4, 0.5) is 10.8 Å². The number of benzene rings is 1. The van der Waals surface area contributed by atoms with Crippen molar-refractivity contribution in [3.8, 4) is 0 Å². The minimum atomic E-state index is -0.0184. The molecular weight excluding hydrogens is 390 g/mol. The van der Waals surface area contributed by atoms with Crippen molar-refractivity contribution in [3.63, 3.8) is 0 Å². The number of hydrogen-bond acceptors (Lipinski definition) is 8. The number of anilines is 2. The molecule has 1 aliphatic heterocycles. The summed E-state index contributed by atoms with van der Waals surface area (Å²) in [5.74, 6) is 0.252. The van der Waals surface area contributed by atoms with Crippen LogP contribution in [0.2, 0.25) is 0 Å². The smallest absolute Gasteiger partial charge is 0.186 e. The molecule has 0 bridgehead atoms. The number of nitrogens with zero attached hydrogens (tertiary/aromatic N) is 6. The van der Waals surface area contributed by atoms with Gasteiger partial charge in [-0.3, -0.25) is 0 Å². The number of aliphatic hydroxyl groups is 1. The van der Waals surface area contributed by atoms with Crippen molar-refractivity contribution in [3.05, 3.63) is 40.4 Å². The summed E-state index contributed by atoms with van der Waals surface area (Å²) < 4.78 is 0. The highest BCUT2D eigenvalue weighted by Gasteiger charge is 2.21. The molecule has 10 heteroatoms. The van der Waals surface area contributed by atoms with Crippen LogP contribution in [-0.2, 0) is 4.79 Å². The Morgan fingerprint density at radius 3 is 2.62 bits per heavy atom. The van der Waals surface area contributed by atoms with Gasteiger partial charge in [0.1, 0.15) is 12.8 Å². The Morgan fingerprint density at radius 2 is 1.93 bits per heavy atom. The van der Waals surface area contributed by atoms with Crippen molar-refractivity contribution in [2.75, 3.05) is 49.6 Å². The van der Waals surface area contributed by atoms with Gasteiger partial charge < -0.3 is 25.4 Å². The number of aromatic nitrogens is 1. The van der Waals surface area contributed by atoms with Gasteiger partial charge in [-0.2, -0.15) is 5.11 Å². The van der Waals surface area contributed by atoms with E-state index < -0.39 is 0 Å². The lowest BCUT2D eigenvalue weighted by atomic mass is 10.1. The predicted octanol–water partition coefficient (Wildman–Crippen LogP) is 1.97. The van der Waals surface area contributed by atoms with Crippen molar-refractivity contribution in [1.29, 1.82) is 0 Å². The Morgan fingerprint density at radius 1 is 1.24 bits per heavy atom. The molecule has 0 atom stereocenters. The topological polar surface area (TPSA) is 120 Å². The summed E-state index contributed by atoms with van der Waals surface area (Å²) in [5.41, 5.74) is 9.80. The van der Waals surface area contributed by atoms with E-state index in [1.54, 1.807) is 6.20 Å². The number of aliphatic hydroxyl groups excluding tert-OH is 1. The van der Waals surface area contributed by atoms with Crippen LogP contribution < -0.4 is 15.5 Å². The largest absolute Gasteiger partial charge is 0.400 e. The van der Waals surface area contributed by atoms with E-state index in [-0.39, 0.29) is 12.4 Å². The van der Waals surface area contributed by atoms with Crippen LogP contribution in [-0.4, -0.2) is 62.0 Å². The normalized spacial score (nSPS) is 14.7. The van der Waals surface area contributed by atoms with Crippen molar-refractivity contribution in [2.24, 2.45) is 21.2 Å². The molecule has 0 amide bonds. The fourth-order valence-electron chi connectivity index (χ4n) is 2.93. The fourth-order valence-corrected chi connectivity index (χ4v) is 3.79. The zero-order chi connectivity index (χ0) is 21.2. The predicted molar refractivity (Wildman–Crippen MR) is 117 cm³/mol. The van der Waals surface area contributed by atoms with Gasteiger partial charge in [-0.1, -0.05) is 23.5 Å². The third-order valence-corrected chi connectivity index (χ3v) is 5.45. The van der Waals surface area contributed by atoms with E-state index in [0.717, 1.165) is 43.3 Å². The maximum absolute atomic E-state index is 10.2. The Kier molecular flexibility index (Phi) is 8.68. The summed E-state index contributed by atoms with van der Waals surface area (Å²) in [6.07, 6.45) is 2.35. The number of piperazine rings is 1. The Balaban J connectivity index is 0.00000145. The lowest BCUT2D eigenvalue weighted by Gasteiger charge is -2.36. The minimum absolute atomic E-state index is 0.0184. The highest BCUT2D eigenvalue weighted by molar-refractivity contribution is 7.17. The summed E-state index contributed by atoms with van der Waals surface area (Å²) in [6, 6.07) is 6.58.